The third-order valence-corrected chi connectivity index (χ3v) is 7.37. The first kappa shape index (κ1) is 26.0. The van der Waals surface area contributed by atoms with E-state index in [1.807, 2.05) is 66.3 Å². The van der Waals surface area contributed by atoms with Crippen molar-refractivity contribution >= 4 is 34.8 Å². The summed E-state index contributed by atoms with van der Waals surface area (Å²) in [4.78, 5) is 47.0. The van der Waals surface area contributed by atoms with Crippen LogP contribution in [-0.2, 0) is 23.9 Å². The van der Waals surface area contributed by atoms with E-state index in [0.29, 0.717) is 43.8 Å². The lowest BCUT2D eigenvalue weighted by Crippen LogP contribution is -2.42. The highest BCUT2D eigenvalue weighted by atomic mass is 32.2. The van der Waals surface area contributed by atoms with Crippen LogP contribution in [0.5, 0.6) is 0 Å². The fourth-order valence-corrected chi connectivity index (χ4v) is 5.71. The number of hydrogen-bond donors (Lipinski definition) is 0. The molecular weight excluding hydrogens is 478 g/mol. The summed E-state index contributed by atoms with van der Waals surface area (Å²) in [5.74, 6) is -0.735. The predicted molar refractivity (Wildman–Crippen MR) is 139 cm³/mol. The Kier molecular flexibility index (Phi) is 8.18. The number of ether oxygens (including phenoxy) is 2. The van der Waals surface area contributed by atoms with Crippen molar-refractivity contribution in [2.75, 3.05) is 19.7 Å². The first-order chi connectivity index (χ1) is 17.3. The Morgan fingerprint density at radius 2 is 1.83 bits per heavy atom. The number of thioether (sulfide) groups is 1. The molecule has 1 atom stereocenters. The van der Waals surface area contributed by atoms with Crippen molar-refractivity contribution in [2.45, 2.75) is 59.1 Å². The van der Waals surface area contributed by atoms with Crippen molar-refractivity contribution < 1.29 is 23.9 Å². The molecule has 1 saturated heterocycles. The summed E-state index contributed by atoms with van der Waals surface area (Å²) >= 11 is 1.46. The van der Waals surface area contributed by atoms with Crippen molar-refractivity contribution in [3.63, 3.8) is 0 Å². The summed E-state index contributed by atoms with van der Waals surface area (Å²) in [6.07, 6.45) is 1.13. The molecule has 0 unspecified atom stereocenters. The van der Waals surface area contributed by atoms with E-state index in [9.17, 15) is 14.4 Å². The molecule has 0 aliphatic carbocycles. The second-order valence-electron chi connectivity index (χ2n) is 9.34. The third-order valence-electron chi connectivity index (χ3n) is 6.48. The van der Waals surface area contributed by atoms with Crippen molar-refractivity contribution in [3.8, 4) is 0 Å². The molecule has 0 radical (unpaired) electrons. The number of hydrogen-bond acceptors (Lipinski definition) is 8. The Morgan fingerprint density at radius 3 is 2.47 bits per heavy atom. The molecule has 0 bridgehead atoms. The Labute approximate surface area is 216 Å². The molecule has 3 aliphatic heterocycles. The van der Waals surface area contributed by atoms with E-state index in [4.69, 9.17) is 14.5 Å². The van der Waals surface area contributed by atoms with Crippen LogP contribution < -0.4 is 0 Å². The maximum absolute atomic E-state index is 13.3. The van der Waals surface area contributed by atoms with Gasteiger partial charge in [-0.1, -0.05) is 42.1 Å². The monoisotopic (exact) mass is 511 g/mol. The van der Waals surface area contributed by atoms with Crippen molar-refractivity contribution in [3.05, 3.63) is 58.3 Å². The smallest absolute Gasteiger partial charge is 0.338 e. The molecule has 1 aromatic carbocycles. The van der Waals surface area contributed by atoms with Gasteiger partial charge in [-0.05, 0) is 51.5 Å². The van der Waals surface area contributed by atoms with Gasteiger partial charge in [0.25, 0.3) is 0 Å². The van der Waals surface area contributed by atoms with Gasteiger partial charge in [0.15, 0.2) is 5.17 Å². The average molecular weight is 512 g/mol. The van der Waals surface area contributed by atoms with E-state index in [0.717, 1.165) is 16.4 Å². The summed E-state index contributed by atoms with van der Waals surface area (Å²) in [5, 5.41) is 2.69. The number of esters is 2. The zero-order valence-electron chi connectivity index (χ0n) is 21.2. The molecule has 1 fully saturated rings. The molecule has 4 rings (SSSR count). The number of allylic oxidation sites excluding steroid dienone is 1. The molecule has 192 valence electrons. The molecule has 8 nitrogen and oxygen atoms in total. The number of benzene rings is 1. The summed E-state index contributed by atoms with van der Waals surface area (Å²) in [5.41, 5.74) is 2.83. The molecule has 0 aromatic heterocycles. The van der Waals surface area contributed by atoms with Crippen LogP contribution in [0.3, 0.4) is 0 Å². The zero-order chi connectivity index (χ0) is 25.8. The molecule has 9 heteroatoms. The molecule has 36 heavy (non-hydrogen) atoms. The maximum atomic E-state index is 13.3. The Morgan fingerprint density at radius 1 is 1.14 bits per heavy atom. The van der Waals surface area contributed by atoms with Gasteiger partial charge in [-0.3, -0.25) is 9.59 Å². The van der Waals surface area contributed by atoms with Crippen molar-refractivity contribution in [1.82, 2.24) is 9.80 Å². The summed E-state index contributed by atoms with van der Waals surface area (Å²) in [6.45, 7) is 8.69. The van der Waals surface area contributed by atoms with Gasteiger partial charge < -0.3 is 19.3 Å². The Bertz CT molecular complexity index is 1100. The minimum Gasteiger partial charge on any atom is -0.466 e. The number of aliphatic imine (C=N–C) groups is 1. The topological polar surface area (TPSA) is 88.5 Å². The number of rotatable bonds is 7. The maximum Gasteiger partial charge on any atom is 0.338 e. The predicted octanol–water partition coefficient (Wildman–Crippen LogP) is 4.40. The normalized spacial score (nSPS) is 20.2. The van der Waals surface area contributed by atoms with E-state index < -0.39 is 12.0 Å². The Balaban J connectivity index is 1.54. The number of fused-ring (bicyclic) bond motifs is 1. The first-order valence-electron chi connectivity index (χ1n) is 12.4. The van der Waals surface area contributed by atoms with Gasteiger partial charge in [-0.2, -0.15) is 0 Å². The first-order valence-corrected chi connectivity index (χ1v) is 13.3. The van der Waals surface area contributed by atoms with Gasteiger partial charge in [0.2, 0.25) is 5.91 Å². The van der Waals surface area contributed by atoms with Crippen LogP contribution in [0, 0.1) is 5.92 Å². The molecule has 0 N–H and O–H groups in total. The quantitative estimate of drug-likeness (QED) is 0.501. The molecule has 1 aromatic rings. The van der Waals surface area contributed by atoms with E-state index in [1.165, 1.54) is 11.8 Å². The Hall–Kier alpha value is -3.07. The number of amides is 1. The molecule has 0 spiro atoms. The fraction of sp³-hybridized carbons (Fsp3) is 0.481. The van der Waals surface area contributed by atoms with Gasteiger partial charge in [0.1, 0.15) is 0 Å². The summed E-state index contributed by atoms with van der Waals surface area (Å²) in [7, 11) is 0. The fourth-order valence-electron chi connectivity index (χ4n) is 4.75. The number of nitrogens with zero attached hydrogens (tertiary/aromatic N) is 3. The largest absolute Gasteiger partial charge is 0.466 e. The third kappa shape index (κ3) is 5.51. The summed E-state index contributed by atoms with van der Waals surface area (Å²) in [6, 6.07) is 9.33. The molecular formula is C27H33N3O5S. The van der Waals surface area contributed by atoms with Crippen LogP contribution in [0.25, 0.3) is 0 Å². The number of carbonyl (C=O) groups is 3. The van der Waals surface area contributed by atoms with Gasteiger partial charge in [-0.15, -0.1) is 0 Å². The van der Waals surface area contributed by atoms with Crippen LogP contribution in [-0.4, -0.2) is 58.6 Å². The van der Waals surface area contributed by atoms with E-state index >= 15 is 0 Å². The summed E-state index contributed by atoms with van der Waals surface area (Å²) < 4.78 is 10.7. The lowest BCUT2D eigenvalue weighted by Gasteiger charge is -2.37. The number of amidine groups is 1. The number of piperidine rings is 1. The minimum atomic E-state index is -0.437. The van der Waals surface area contributed by atoms with Crippen LogP contribution in [0.2, 0.25) is 0 Å². The van der Waals surface area contributed by atoms with Crippen LogP contribution in [0.4, 0.5) is 0 Å². The van der Waals surface area contributed by atoms with E-state index in [-0.39, 0.29) is 30.3 Å². The highest BCUT2D eigenvalue weighted by molar-refractivity contribution is 8.16. The average Bonchev–Trinajstić information content (AvgIpc) is 3.25. The van der Waals surface area contributed by atoms with E-state index in [1.54, 1.807) is 6.92 Å². The highest BCUT2D eigenvalue weighted by Crippen LogP contribution is 2.45. The van der Waals surface area contributed by atoms with Gasteiger partial charge >= 0.3 is 11.9 Å². The number of likely N-dealkylation sites (tertiary alicyclic amines) is 1. The zero-order valence-corrected chi connectivity index (χ0v) is 22.0. The van der Waals surface area contributed by atoms with Crippen molar-refractivity contribution in [2.24, 2.45) is 10.9 Å². The minimum absolute atomic E-state index is 0.00481. The van der Waals surface area contributed by atoms with Crippen LogP contribution >= 0.6 is 11.8 Å². The second-order valence-corrected chi connectivity index (χ2v) is 10.2. The second kappa shape index (κ2) is 11.3. The van der Waals surface area contributed by atoms with Gasteiger partial charge in [0, 0.05) is 18.8 Å². The molecule has 0 saturated carbocycles. The highest BCUT2D eigenvalue weighted by Gasteiger charge is 2.41. The lowest BCUT2D eigenvalue weighted by molar-refractivity contribution is -0.151. The lowest BCUT2D eigenvalue weighted by atomic mass is 9.93. The molecule has 3 heterocycles. The van der Waals surface area contributed by atoms with Crippen molar-refractivity contribution in [1.29, 1.82) is 0 Å². The van der Waals surface area contributed by atoms with Crippen LogP contribution in [0.1, 0.15) is 58.6 Å². The number of carbonyl (C=O) groups excluding carboxylic acids is 3. The molecule has 3 aliphatic rings. The van der Waals surface area contributed by atoms with Gasteiger partial charge in [-0.25, -0.2) is 9.79 Å². The van der Waals surface area contributed by atoms with Crippen LogP contribution in [0.15, 0.2) is 57.7 Å². The molecule has 1 amide bonds. The standard InChI is InChI=1S/C27H33N3O5S/c1-5-34-25(32)20-11-13-29(14-12-20)22(31)15-21-16-36-27-28-18(4)23(26(33)35-17(2)3)24(30(21)27)19-9-7-6-8-10-19/h6-10,16-17,20,24H,5,11-15H2,1-4H3/t24-/m1/s1. The van der Waals surface area contributed by atoms with Gasteiger partial charge in [0.05, 0.1) is 42.4 Å². The SMILES string of the molecule is CCOC(=O)C1CCN(C(=O)CC2=CSC3=NC(C)=C(C(=O)OC(C)C)[C@@H](c4ccccc4)N23)CC1. The van der Waals surface area contributed by atoms with E-state index in [2.05, 4.69) is 0 Å².